The minimum absolute atomic E-state index is 0.0295. The average molecular weight is 878 g/mol. The Morgan fingerprint density at radius 1 is 0.921 bits per heavy atom. The van der Waals surface area contributed by atoms with Gasteiger partial charge >= 0.3 is 11.9 Å². The number of ether oxygens (including phenoxy) is 1. The van der Waals surface area contributed by atoms with Gasteiger partial charge in [0.15, 0.2) is 17.3 Å². The second kappa shape index (κ2) is 22.5. The number of carbonyl (C=O) groups is 9. The largest absolute Gasteiger partial charge is 0.478 e. The van der Waals surface area contributed by atoms with Gasteiger partial charge in [-0.25, -0.2) is 9.59 Å². The molecule has 5 atom stereocenters. The standard InChI is InChI=1S/C45H59N5O13/c1-63-39(54)15-9-8-14-29(21-37(52)34-22-30(50(61)62)18-19-32(34)45(59)60)42(56)47-35(20-26-16-17-26)44(58)49-25-31(51)23-36(49)43(57)48-40(28-12-6-3-7-13-28)38(53)24-33(41(46)55)27-10-4-2-5-11-27/h9,15,18-19,22,26-29,33,35-36,40H,2-8,10-14,16-17,20-21,23-25H2,1H3,(H2,46,55)(H,47,56)(H,48,57)(H,59,60)/b15-9+/t29-,33+,35+,36+,40+/m1/s1. The van der Waals surface area contributed by atoms with Gasteiger partial charge in [-0.3, -0.25) is 43.7 Å². The number of primary amides is 1. The van der Waals surface area contributed by atoms with Crippen molar-refractivity contribution in [3.63, 3.8) is 0 Å². The van der Waals surface area contributed by atoms with E-state index in [1.807, 2.05) is 0 Å². The number of rotatable bonds is 22. The first-order valence-corrected chi connectivity index (χ1v) is 22.1. The molecule has 1 aromatic carbocycles. The maximum absolute atomic E-state index is 14.5. The van der Waals surface area contributed by atoms with E-state index in [-0.39, 0.29) is 55.6 Å². The molecule has 5 N–H and O–H groups in total. The average Bonchev–Trinajstić information content (AvgIpc) is 4.01. The van der Waals surface area contributed by atoms with Gasteiger partial charge in [-0.2, -0.15) is 0 Å². The van der Waals surface area contributed by atoms with E-state index in [1.165, 1.54) is 13.2 Å². The number of esters is 1. The SMILES string of the molecule is COC(=O)/C=C/CC[C@H](CC(=O)c1cc([N+](=O)[O-])ccc1C(=O)O)C(=O)N[C@@H](CC1CC1)C(=O)N1CC(=O)C[C@H]1C(=O)N[C@H](C(=O)C[C@H](C(N)=O)C1CCCCC1)C1CCCCC1. The summed E-state index contributed by atoms with van der Waals surface area (Å²) in [6.07, 6.45) is 11.6. The third-order valence-electron chi connectivity index (χ3n) is 13.1. The van der Waals surface area contributed by atoms with Gasteiger partial charge in [0, 0.05) is 54.9 Å². The number of nitro groups is 1. The lowest BCUT2D eigenvalue weighted by molar-refractivity contribution is -0.384. The lowest BCUT2D eigenvalue weighted by atomic mass is 9.75. The van der Waals surface area contributed by atoms with E-state index in [4.69, 9.17) is 5.73 Å². The lowest BCUT2D eigenvalue weighted by Gasteiger charge is -2.34. The molecule has 1 aliphatic heterocycles. The van der Waals surface area contributed by atoms with Crippen LogP contribution < -0.4 is 16.4 Å². The van der Waals surface area contributed by atoms with Gasteiger partial charge in [0.25, 0.3) is 5.69 Å². The first kappa shape index (κ1) is 48.2. The Morgan fingerprint density at radius 3 is 2.16 bits per heavy atom. The van der Waals surface area contributed by atoms with Gasteiger partial charge in [0.1, 0.15) is 12.1 Å². The number of hydrogen-bond donors (Lipinski definition) is 4. The van der Waals surface area contributed by atoms with Crippen LogP contribution in [0.4, 0.5) is 5.69 Å². The monoisotopic (exact) mass is 877 g/mol. The van der Waals surface area contributed by atoms with Crippen LogP contribution in [0.15, 0.2) is 30.4 Å². The second-order valence-electron chi connectivity index (χ2n) is 17.5. The zero-order valence-electron chi connectivity index (χ0n) is 35.8. The molecular formula is C45H59N5O13. The Kier molecular flexibility index (Phi) is 17.2. The summed E-state index contributed by atoms with van der Waals surface area (Å²) in [7, 11) is 1.17. The Balaban J connectivity index is 1.36. The van der Waals surface area contributed by atoms with Crippen LogP contribution in [-0.2, 0) is 38.3 Å². The van der Waals surface area contributed by atoms with Crippen molar-refractivity contribution < 1.29 is 57.9 Å². The Morgan fingerprint density at radius 2 is 1.57 bits per heavy atom. The molecule has 63 heavy (non-hydrogen) atoms. The van der Waals surface area contributed by atoms with Crippen molar-refractivity contribution in [1.29, 1.82) is 0 Å². The maximum atomic E-state index is 14.5. The fraction of sp³-hybridized carbons (Fsp3) is 0.622. The number of aromatic carboxylic acids is 1. The predicted octanol–water partition coefficient (Wildman–Crippen LogP) is 4.15. The molecule has 1 heterocycles. The second-order valence-corrected chi connectivity index (χ2v) is 17.5. The Labute approximate surface area is 365 Å². The summed E-state index contributed by atoms with van der Waals surface area (Å²) < 4.78 is 4.61. The predicted molar refractivity (Wildman–Crippen MR) is 225 cm³/mol. The van der Waals surface area contributed by atoms with Crippen molar-refractivity contribution in [2.75, 3.05) is 13.7 Å². The number of nitro benzene ring substituents is 1. The van der Waals surface area contributed by atoms with E-state index < -0.39 is 112 Å². The highest BCUT2D eigenvalue weighted by Gasteiger charge is 2.45. The number of carbonyl (C=O) groups excluding carboxylic acids is 8. The third kappa shape index (κ3) is 13.3. The highest BCUT2D eigenvalue weighted by Crippen LogP contribution is 2.36. The normalized spacial score (nSPS) is 20.3. The molecule has 0 aromatic heterocycles. The van der Waals surface area contributed by atoms with E-state index in [2.05, 4.69) is 15.4 Å². The molecular weight excluding hydrogens is 819 g/mol. The number of hydrogen-bond acceptors (Lipinski definition) is 12. The van der Waals surface area contributed by atoms with Crippen LogP contribution in [0.5, 0.6) is 0 Å². The number of nitrogens with zero attached hydrogens (tertiary/aromatic N) is 2. The molecule has 3 aliphatic carbocycles. The molecule has 5 rings (SSSR count). The number of non-ortho nitro benzene ring substituents is 1. The summed E-state index contributed by atoms with van der Waals surface area (Å²) in [5, 5.41) is 26.9. The van der Waals surface area contributed by atoms with Gasteiger partial charge in [0.2, 0.25) is 23.6 Å². The highest BCUT2D eigenvalue weighted by atomic mass is 16.6. The van der Waals surface area contributed by atoms with Crippen LogP contribution in [0, 0.1) is 39.7 Å². The molecule has 1 saturated heterocycles. The smallest absolute Gasteiger partial charge is 0.336 e. The summed E-state index contributed by atoms with van der Waals surface area (Å²) in [6.45, 7) is -0.424. The molecule has 0 radical (unpaired) electrons. The number of nitrogens with two attached hydrogens (primary N) is 1. The van der Waals surface area contributed by atoms with Crippen molar-refractivity contribution in [3.8, 4) is 0 Å². The molecule has 18 heteroatoms. The number of benzene rings is 1. The summed E-state index contributed by atoms with van der Waals surface area (Å²) >= 11 is 0. The van der Waals surface area contributed by atoms with Crippen molar-refractivity contribution in [2.24, 2.45) is 35.3 Å². The van der Waals surface area contributed by atoms with Crippen molar-refractivity contribution in [3.05, 3.63) is 51.6 Å². The quantitative estimate of drug-likeness (QED) is 0.0419. The molecule has 18 nitrogen and oxygen atoms in total. The van der Waals surface area contributed by atoms with Crippen LogP contribution in [0.3, 0.4) is 0 Å². The van der Waals surface area contributed by atoms with Crippen molar-refractivity contribution >= 4 is 58.6 Å². The Bertz CT molecular complexity index is 1970. The van der Waals surface area contributed by atoms with Crippen molar-refractivity contribution in [1.82, 2.24) is 15.5 Å². The zero-order valence-corrected chi connectivity index (χ0v) is 35.8. The molecule has 3 saturated carbocycles. The molecule has 342 valence electrons. The molecule has 0 bridgehead atoms. The van der Waals surface area contributed by atoms with E-state index in [0.29, 0.717) is 12.8 Å². The molecule has 4 amide bonds. The fourth-order valence-electron chi connectivity index (χ4n) is 9.38. The summed E-state index contributed by atoms with van der Waals surface area (Å²) in [4.78, 5) is 132. The number of nitrogens with one attached hydrogen (secondary N) is 2. The van der Waals surface area contributed by atoms with E-state index in [0.717, 1.165) is 93.4 Å². The number of allylic oxidation sites excluding steroid dienone is 1. The number of carboxylic acids is 1. The van der Waals surface area contributed by atoms with Gasteiger partial charge in [-0.15, -0.1) is 0 Å². The number of Topliss-reactive ketones (excluding diaryl/α,β-unsaturated/α-hetero) is 3. The van der Waals surface area contributed by atoms with Crippen LogP contribution in [-0.4, -0.2) is 99.6 Å². The van der Waals surface area contributed by atoms with Crippen LogP contribution in [0.25, 0.3) is 0 Å². The van der Waals surface area contributed by atoms with Gasteiger partial charge < -0.3 is 31.1 Å². The van der Waals surface area contributed by atoms with Crippen LogP contribution in [0.1, 0.15) is 136 Å². The molecule has 0 unspecified atom stereocenters. The summed E-state index contributed by atoms with van der Waals surface area (Å²) in [5.41, 5.74) is 4.30. The van der Waals surface area contributed by atoms with Gasteiger partial charge in [-0.1, -0.05) is 57.4 Å². The number of ketones is 3. The van der Waals surface area contributed by atoms with E-state index >= 15 is 0 Å². The fourth-order valence-corrected chi connectivity index (χ4v) is 9.38. The topological polar surface area (TPSA) is 280 Å². The first-order valence-electron chi connectivity index (χ1n) is 22.1. The third-order valence-corrected chi connectivity index (χ3v) is 13.1. The highest BCUT2D eigenvalue weighted by molar-refractivity contribution is 6.08. The van der Waals surface area contributed by atoms with E-state index in [1.54, 1.807) is 0 Å². The van der Waals surface area contributed by atoms with Crippen LogP contribution in [0.2, 0.25) is 0 Å². The Hall–Kier alpha value is -5.81. The molecule has 4 fully saturated rings. The summed E-state index contributed by atoms with van der Waals surface area (Å²) in [6, 6.07) is -0.804. The zero-order chi connectivity index (χ0) is 45.8. The number of likely N-dealkylation sites (tertiary alicyclic amines) is 1. The lowest BCUT2D eigenvalue weighted by Crippen LogP contribution is -2.57. The van der Waals surface area contributed by atoms with Gasteiger partial charge in [-0.05, 0) is 68.8 Å². The minimum atomic E-state index is -1.52. The number of carboxylic acid groups (broad SMARTS) is 1. The number of methoxy groups -OCH3 is 1. The van der Waals surface area contributed by atoms with Crippen LogP contribution >= 0.6 is 0 Å². The maximum Gasteiger partial charge on any atom is 0.336 e. The van der Waals surface area contributed by atoms with Gasteiger partial charge in [0.05, 0.1) is 30.2 Å². The van der Waals surface area contributed by atoms with Crippen molar-refractivity contribution in [2.45, 2.75) is 134 Å². The molecule has 1 aromatic rings. The molecule has 4 aliphatic rings. The van der Waals surface area contributed by atoms with E-state index in [9.17, 15) is 58.4 Å². The minimum Gasteiger partial charge on any atom is -0.478 e. The number of amides is 4. The summed E-state index contributed by atoms with van der Waals surface area (Å²) in [5.74, 6) is -8.65. The molecule has 0 spiro atoms. The first-order chi connectivity index (χ1) is 30.1.